The molecule has 132 valence electrons. The van der Waals surface area contributed by atoms with E-state index in [0.717, 1.165) is 28.0 Å². The summed E-state index contributed by atoms with van der Waals surface area (Å²) in [5.41, 5.74) is 4.17. The molecule has 1 atom stereocenters. The van der Waals surface area contributed by atoms with Crippen molar-refractivity contribution in [1.82, 2.24) is 14.8 Å². The smallest absolute Gasteiger partial charge is 0.165 e. The summed E-state index contributed by atoms with van der Waals surface area (Å²) in [6.45, 7) is 3.99. The van der Waals surface area contributed by atoms with Gasteiger partial charge < -0.3 is 5.32 Å². The number of hydrogen-bond donors (Lipinski definition) is 1. The van der Waals surface area contributed by atoms with Crippen LogP contribution in [0.5, 0.6) is 0 Å². The van der Waals surface area contributed by atoms with Crippen LogP contribution in [0, 0.1) is 18.3 Å². The molecule has 2 heterocycles. The number of para-hydroxylation sites is 1. The van der Waals surface area contributed by atoms with Gasteiger partial charge in [-0.25, -0.2) is 9.67 Å². The maximum Gasteiger partial charge on any atom is 0.165 e. The second-order valence-corrected chi connectivity index (χ2v) is 6.48. The molecule has 0 spiro atoms. The minimum atomic E-state index is 0.0254. The molecule has 0 bridgehead atoms. The first kappa shape index (κ1) is 16.8. The van der Waals surface area contributed by atoms with Gasteiger partial charge in [0.2, 0.25) is 0 Å². The van der Waals surface area contributed by atoms with Crippen LogP contribution in [0.4, 0.5) is 5.82 Å². The predicted molar refractivity (Wildman–Crippen MR) is 107 cm³/mol. The molecular weight excluding hydrogens is 334 g/mol. The normalized spacial score (nSPS) is 11.9. The van der Waals surface area contributed by atoms with E-state index in [0.29, 0.717) is 11.4 Å². The monoisotopic (exact) mass is 353 g/mol. The van der Waals surface area contributed by atoms with Crippen molar-refractivity contribution in [1.29, 1.82) is 5.26 Å². The molecule has 2 aromatic carbocycles. The lowest BCUT2D eigenvalue weighted by Gasteiger charge is -2.16. The van der Waals surface area contributed by atoms with Gasteiger partial charge in [-0.05, 0) is 37.6 Å². The van der Waals surface area contributed by atoms with E-state index in [-0.39, 0.29) is 6.04 Å². The van der Waals surface area contributed by atoms with Gasteiger partial charge in [0, 0.05) is 11.4 Å². The SMILES string of the molecule is Cc1nn(-c2ccccc2)c2nc(NC(C)c3ccccc3)c(C#N)cc12. The summed E-state index contributed by atoms with van der Waals surface area (Å²) in [6.07, 6.45) is 0. The topological polar surface area (TPSA) is 66.5 Å². The summed E-state index contributed by atoms with van der Waals surface area (Å²) < 4.78 is 1.82. The fourth-order valence-corrected chi connectivity index (χ4v) is 3.16. The number of hydrogen-bond acceptors (Lipinski definition) is 4. The van der Waals surface area contributed by atoms with Crippen LogP contribution in [-0.4, -0.2) is 14.8 Å². The molecule has 0 aliphatic rings. The summed E-state index contributed by atoms with van der Waals surface area (Å²) in [5, 5.41) is 18.5. The van der Waals surface area contributed by atoms with Gasteiger partial charge >= 0.3 is 0 Å². The van der Waals surface area contributed by atoms with E-state index < -0.39 is 0 Å². The predicted octanol–water partition coefficient (Wildman–Crippen LogP) is 4.77. The highest BCUT2D eigenvalue weighted by molar-refractivity contribution is 5.84. The zero-order valence-corrected chi connectivity index (χ0v) is 15.2. The van der Waals surface area contributed by atoms with Crippen molar-refractivity contribution in [3.63, 3.8) is 0 Å². The maximum absolute atomic E-state index is 9.62. The molecule has 4 aromatic rings. The Morgan fingerprint density at radius 2 is 1.70 bits per heavy atom. The lowest BCUT2D eigenvalue weighted by molar-refractivity contribution is 0.861. The molecule has 5 nitrogen and oxygen atoms in total. The number of pyridine rings is 1. The van der Waals surface area contributed by atoms with E-state index in [4.69, 9.17) is 4.98 Å². The van der Waals surface area contributed by atoms with Crippen molar-refractivity contribution in [3.05, 3.63) is 83.6 Å². The lowest BCUT2D eigenvalue weighted by atomic mass is 10.1. The Hall–Kier alpha value is -3.65. The molecule has 0 aliphatic carbocycles. The molecule has 0 amide bonds. The van der Waals surface area contributed by atoms with E-state index in [1.165, 1.54) is 0 Å². The molecule has 0 fully saturated rings. The highest BCUT2D eigenvalue weighted by Gasteiger charge is 2.16. The quantitative estimate of drug-likeness (QED) is 0.574. The number of nitriles is 1. The van der Waals surface area contributed by atoms with E-state index >= 15 is 0 Å². The first-order valence-electron chi connectivity index (χ1n) is 8.85. The van der Waals surface area contributed by atoms with Crippen molar-refractivity contribution in [2.24, 2.45) is 0 Å². The molecule has 27 heavy (non-hydrogen) atoms. The van der Waals surface area contributed by atoms with Gasteiger partial charge in [0.05, 0.1) is 16.9 Å². The van der Waals surface area contributed by atoms with Crippen molar-refractivity contribution in [2.45, 2.75) is 19.9 Å². The van der Waals surface area contributed by atoms with E-state index in [9.17, 15) is 5.26 Å². The second-order valence-electron chi connectivity index (χ2n) is 6.48. The summed E-state index contributed by atoms with van der Waals surface area (Å²) in [4.78, 5) is 4.78. The molecule has 0 saturated carbocycles. The maximum atomic E-state index is 9.62. The van der Waals surface area contributed by atoms with Crippen LogP contribution in [0.3, 0.4) is 0 Å². The van der Waals surface area contributed by atoms with E-state index in [1.54, 1.807) is 0 Å². The van der Waals surface area contributed by atoms with Crippen LogP contribution in [0.25, 0.3) is 16.7 Å². The summed E-state index contributed by atoms with van der Waals surface area (Å²) >= 11 is 0. The molecule has 0 aliphatic heterocycles. The molecule has 5 heteroatoms. The number of rotatable bonds is 4. The average molecular weight is 353 g/mol. The Kier molecular flexibility index (Phi) is 4.31. The molecule has 1 unspecified atom stereocenters. The number of nitrogens with zero attached hydrogens (tertiary/aromatic N) is 4. The summed E-state index contributed by atoms with van der Waals surface area (Å²) in [5.74, 6) is 0.568. The van der Waals surface area contributed by atoms with Gasteiger partial charge in [-0.1, -0.05) is 48.5 Å². The minimum Gasteiger partial charge on any atom is -0.362 e. The third-order valence-corrected chi connectivity index (χ3v) is 4.62. The highest BCUT2D eigenvalue weighted by atomic mass is 15.3. The Bertz CT molecular complexity index is 1120. The molecule has 1 N–H and O–H groups in total. The molecular formula is C22H19N5. The van der Waals surface area contributed by atoms with Crippen LogP contribution in [0.15, 0.2) is 66.7 Å². The lowest BCUT2D eigenvalue weighted by Crippen LogP contribution is -2.10. The average Bonchev–Trinajstić information content (AvgIpc) is 3.04. The zero-order chi connectivity index (χ0) is 18.8. The number of aromatic nitrogens is 3. The van der Waals surface area contributed by atoms with Gasteiger partial charge in [-0.2, -0.15) is 10.4 Å². The van der Waals surface area contributed by atoms with Crippen LogP contribution >= 0.6 is 0 Å². The molecule has 0 saturated heterocycles. The Balaban J connectivity index is 1.82. The number of anilines is 1. The fourth-order valence-electron chi connectivity index (χ4n) is 3.16. The van der Waals surface area contributed by atoms with Gasteiger partial charge in [0.25, 0.3) is 0 Å². The van der Waals surface area contributed by atoms with Crippen LogP contribution in [0.1, 0.15) is 29.8 Å². The van der Waals surface area contributed by atoms with Crippen LogP contribution < -0.4 is 5.32 Å². The Labute approximate surface area is 157 Å². The van der Waals surface area contributed by atoms with Crippen molar-refractivity contribution < 1.29 is 0 Å². The second kappa shape index (κ2) is 6.93. The van der Waals surface area contributed by atoms with Crippen LogP contribution in [-0.2, 0) is 0 Å². The number of benzene rings is 2. The standard InChI is InChI=1S/C22H19N5/c1-15(17-9-5-3-6-10-17)24-21-18(14-23)13-20-16(2)26-27(22(20)25-21)19-11-7-4-8-12-19/h3-13,15H,1-2H3,(H,24,25). The van der Waals surface area contributed by atoms with Crippen molar-refractivity contribution >= 4 is 16.9 Å². The first-order chi connectivity index (χ1) is 13.2. The molecule has 2 aromatic heterocycles. The van der Waals surface area contributed by atoms with Gasteiger partial charge in [0.15, 0.2) is 5.65 Å². The zero-order valence-electron chi connectivity index (χ0n) is 15.2. The third-order valence-electron chi connectivity index (χ3n) is 4.62. The van der Waals surface area contributed by atoms with Crippen molar-refractivity contribution in [2.75, 3.05) is 5.32 Å². The molecule has 4 rings (SSSR count). The minimum absolute atomic E-state index is 0.0254. The van der Waals surface area contributed by atoms with E-state index in [2.05, 4.69) is 35.5 Å². The van der Waals surface area contributed by atoms with Gasteiger partial charge in [-0.3, -0.25) is 0 Å². The largest absolute Gasteiger partial charge is 0.362 e. The third kappa shape index (κ3) is 3.13. The number of fused-ring (bicyclic) bond motifs is 1. The van der Waals surface area contributed by atoms with Gasteiger partial charge in [0.1, 0.15) is 11.9 Å². The highest BCUT2D eigenvalue weighted by Crippen LogP contribution is 2.27. The van der Waals surface area contributed by atoms with Crippen LogP contribution in [0.2, 0.25) is 0 Å². The Morgan fingerprint density at radius 1 is 1.04 bits per heavy atom. The summed E-state index contributed by atoms with van der Waals surface area (Å²) in [7, 11) is 0. The molecule has 0 radical (unpaired) electrons. The summed E-state index contributed by atoms with van der Waals surface area (Å²) in [6, 6.07) is 24.2. The first-order valence-corrected chi connectivity index (χ1v) is 8.85. The number of nitrogens with one attached hydrogen (secondary N) is 1. The fraction of sp³-hybridized carbons (Fsp3) is 0.136. The van der Waals surface area contributed by atoms with Crippen molar-refractivity contribution in [3.8, 4) is 11.8 Å². The number of aryl methyl sites for hydroxylation is 1. The van der Waals surface area contributed by atoms with E-state index in [1.807, 2.05) is 66.2 Å². The Morgan fingerprint density at radius 3 is 2.37 bits per heavy atom. The van der Waals surface area contributed by atoms with Gasteiger partial charge in [-0.15, -0.1) is 0 Å².